The first-order valence-corrected chi connectivity index (χ1v) is 10.5. The summed E-state index contributed by atoms with van der Waals surface area (Å²) in [5.41, 5.74) is -0.699. The molecule has 0 atom stereocenters. The maximum absolute atomic E-state index is 13.1. The van der Waals surface area contributed by atoms with Gasteiger partial charge in [-0.05, 0) is 24.8 Å². The molecule has 0 aromatic heterocycles. The Morgan fingerprint density at radius 1 is 0.741 bits per heavy atom. The van der Waals surface area contributed by atoms with E-state index in [1.54, 1.807) is 0 Å². The van der Waals surface area contributed by atoms with Crippen molar-refractivity contribution in [3.8, 4) is 0 Å². The van der Waals surface area contributed by atoms with Gasteiger partial charge in [-0.15, -0.1) is 0 Å². The molecule has 0 fully saturated rings. The van der Waals surface area contributed by atoms with Gasteiger partial charge in [0.2, 0.25) is 0 Å². The van der Waals surface area contributed by atoms with Crippen LogP contribution in [0.5, 0.6) is 0 Å². The second kappa shape index (κ2) is 13.3. The van der Waals surface area contributed by atoms with E-state index in [1.807, 2.05) is 30.3 Å². The summed E-state index contributed by atoms with van der Waals surface area (Å²) in [6.45, 7) is 6.94. The quantitative estimate of drug-likeness (QED) is 0.241. The molecule has 0 aliphatic carbocycles. The van der Waals surface area contributed by atoms with Gasteiger partial charge in [-0.2, -0.15) is 0 Å². The largest absolute Gasteiger partial charge is 0.465 e. The molecular weight excluding hydrogens is 340 g/mol. The number of hydrogen-bond donors (Lipinski definition) is 0. The van der Waals surface area contributed by atoms with E-state index >= 15 is 0 Å². The molecule has 0 spiro atoms. The predicted molar refractivity (Wildman–Crippen MR) is 109 cm³/mol. The molecule has 4 heteroatoms. The van der Waals surface area contributed by atoms with Crippen LogP contribution in [0.25, 0.3) is 0 Å². The van der Waals surface area contributed by atoms with E-state index in [2.05, 4.69) is 20.8 Å². The molecule has 1 aromatic rings. The monoisotopic (exact) mass is 376 g/mol. The number of hydrogen-bond acceptors (Lipinski definition) is 4. The summed E-state index contributed by atoms with van der Waals surface area (Å²) in [7, 11) is 0. The summed E-state index contributed by atoms with van der Waals surface area (Å²) in [4.78, 5) is 26.3. The summed E-state index contributed by atoms with van der Waals surface area (Å²) < 4.78 is 11.1. The Bertz CT molecular complexity index is 515. The molecule has 0 saturated heterocycles. The SMILES string of the molecule is CCCCCOC(=O)C(CCCC)(C(=O)OCCCCC)c1ccccc1. The summed E-state index contributed by atoms with van der Waals surface area (Å²) in [5.74, 6) is -0.947. The van der Waals surface area contributed by atoms with Gasteiger partial charge in [-0.3, -0.25) is 9.59 Å². The molecule has 0 unspecified atom stereocenters. The van der Waals surface area contributed by atoms with E-state index < -0.39 is 17.4 Å². The van der Waals surface area contributed by atoms with Crippen molar-refractivity contribution in [2.45, 2.75) is 84.0 Å². The highest BCUT2D eigenvalue weighted by molar-refractivity contribution is 6.06. The highest BCUT2D eigenvalue weighted by Crippen LogP contribution is 2.34. The number of ether oxygens (including phenoxy) is 2. The number of esters is 2. The van der Waals surface area contributed by atoms with Gasteiger partial charge in [-0.25, -0.2) is 0 Å². The van der Waals surface area contributed by atoms with Crippen LogP contribution < -0.4 is 0 Å². The number of carbonyl (C=O) groups excluding carboxylic acids is 2. The molecule has 4 nitrogen and oxygen atoms in total. The molecule has 152 valence electrons. The zero-order valence-electron chi connectivity index (χ0n) is 17.3. The molecule has 0 aliphatic heterocycles. The Hall–Kier alpha value is -1.84. The molecule has 1 aromatic carbocycles. The molecule has 0 saturated carbocycles. The lowest BCUT2D eigenvalue weighted by Crippen LogP contribution is -2.46. The van der Waals surface area contributed by atoms with E-state index in [0.29, 0.717) is 25.2 Å². The Balaban J connectivity index is 3.08. The zero-order chi connectivity index (χ0) is 20.0. The fourth-order valence-electron chi connectivity index (χ4n) is 3.11. The summed E-state index contributed by atoms with van der Waals surface area (Å²) in [6, 6.07) is 9.25. The molecular formula is C23H36O4. The lowest BCUT2D eigenvalue weighted by Gasteiger charge is -2.30. The second-order valence-electron chi connectivity index (χ2n) is 7.06. The zero-order valence-corrected chi connectivity index (χ0v) is 17.3. The first-order chi connectivity index (χ1) is 13.1. The molecule has 0 amide bonds. The maximum atomic E-state index is 13.1. The minimum Gasteiger partial charge on any atom is -0.465 e. The molecule has 0 bridgehead atoms. The van der Waals surface area contributed by atoms with Gasteiger partial charge in [0.25, 0.3) is 0 Å². The number of unbranched alkanes of at least 4 members (excludes halogenated alkanes) is 5. The Morgan fingerprint density at radius 2 is 1.22 bits per heavy atom. The molecule has 0 aliphatic rings. The molecule has 0 radical (unpaired) electrons. The Morgan fingerprint density at radius 3 is 1.67 bits per heavy atom. The third kappa shape index (κ3) is 7.00. The van der Waals surface area contributed by atoms with Crippen LogP contribution in [0, 0.1) is 0 Å². The smallest absolute Gasteiger partial charge is 0.328 e. The van der Waals surface area contributed by atoms with Crippen molar-refractivity contribution in [2.75, 3.05) is 13.2 Å². The highest BCUT2D eigenvalue weighted by atomic mass is 16.6. The van der Waals surface area contributed by atoms with Crippen LogP contribution in [0.4, 0.5) is 0 Å². The fourth-order valence-corrected chi connectivity index (χ4v) is 3.11. The number of carbonyl (C=O) groups is 2. The van der Waals surface area contributed by atoms with Crippen LogP contribution >= 0.6 is 0 Å². The average molecular weight is 377 g/mol. The van der Waals surface area contributed by atoms with Gasteiger partial charge in [0, 0.05) is 0 Å². The lowest BCUT2D eigenvalue weighted by molar-refractivity contribution is -0.166. The van der Waals surface area contributed by atoms with Crippen molar-refractivity contribution in [2.24, 2.45) is 0 Å². The topological polar surface area (TPSA) is 52.6 Å². The van der Waals surface area contributed by atoms with Gasteiger partial charge in [0.1, 0.15) is 0 Å². The van der Waals surface area contributed by atoms with Crippen LogP contribution in [-0.2, 0) is 24.5 Å². The van der Waals surface area contributed by atoms with E-state index in [1.165, 1.54) is 0 Å². The van der Waals surface area contributed by atoms with Crippen molar-refractivity contribution in [3.63, 3.8) is 0 Å². The van der Waals surface area contributed by atoms with Crippen LogP contribution in [0.1, 0.15) is 84.1 Å². The molecule has 0 N–H and O–H groups in total. The van der Waals surface area contributed by atoms with Gasteiger partial charge in [-0.1, -0.05) is 89.6 Å². The normalized spacial score (nSPS) is 11.2. The van der Waals surface area contributed by atoms with Crippen molar-refractivity contribution in [3.05, 3.63) is 35.9 Å². The minimum absolute atomic E-state index is 0.344. The standard InChI is InChI=1S/C23H36O4/c1-4-7-13-18-26-21(24)23(17-9-6-3,20-15-11-10-12-16-20)22(25)27-19-14-8-5-2/h10-12,15-16H,4-9,13-14,17-19H2,1-3H3. The molecule has 1 rings (SSSR count). The van der Waals surface area contributed by atoms with Gasteiger partial charge in [0.15, 0.2) is 5.41 Å². The minimum atomic E-state index is -1.37. The van der Waals surface area contributed by atoms with Gasteiger partial charge < -0.3 is 9.47 Å². The number of rotatable bonds is 14. The first kappa shape index (κ1) is 23.2. The highest BCUT2D eigenvalue weighted by Gasteiger charge is 2.50. The summed E-state index contributed by atoms with van der Waals surface area (Å²) in [6.07, 6.45) is 7.78. The van der Waals surface area contributed by atoms with Crippen molar-refractivity contribution in [1.29, 1.82) is 0 Å². The van der Waals surface area contributed by atoms with Crippen LogP contribution in [0.3, 0.4) is 0 Å². The predicted octanol–water partition coefficient (Wildman–Crippen LogP) is 5.58. The summed E-state index contributed by atoms with van der Waals surface area (Å²) >= 11 is 0. The third-order valence-corrected chi connectivity index (χ3v) is 4.83. The van der Waals surface area contributed by atoms with Crippen LogP contribution in [0.15, 0.2) is 30.3 Å². The Kier molecular flexibility index (Phi) is 11.5. The van der Waals surface area contributed by atoms with E-state index in [-0.39, 0.29) is 0 Å². The van der Waals surface area contributed by atoms with E-state index in [4.69, 9.17) is 9.47 Å². The number of benzene rings is 1. The maximum Gasteiger partial charge on any atom is 0.328 e. The average Bonchev–Trinajstić information content (AvgIpc) is 2.70. The lowest BCUT2D eigenvalue weighted by atomic mass is 9.76. The fraction of sp³-hybridized carbons (Fsp3) is 0.652. The van der Waals surface area contributed by atoms with Crippen LogP contribution in [-0.4, -0.2) is 25.2 Å². The van der Waals surface area contributed by atoms with Gasteiger partial charge >= 0.3 is 11.9 Å². The third-order valence-electron chi connectivity index (χ3n) is 4.83. The Labute approximate surface area is 164 Å². The molecule has 0 heterocycles. The van der Waals surface area contributed by atoms with E-state index in [0.717, 1.165) is 51.4 Å². The van der Waals surface area contributed by atoms with Gasteiger partial charge in [0.05, 0.1) is 13.2 Å². The first-order valence-electron chi connectivity index (χ1n) is 10.5. The van der Waals surface area contributed by atoms with Crippen molar-refractivity contribution < 1.29 is 19.1 Å². The molecule has 27 heavy (non-hydrogen) atoms. The summed E-state index contributed by atoms with van der Waals surface area (Å²) in [5, 5.41) is 0. The van der Waals surface area contributed by atoms with Crippen molar-refractivity contribution in [1.82, 2.24) is 0 Å². The van der Waals surface area contributed by atoms with Crippen molar-refractivity contribution >= 4 is 11.9 Å². The second-order valence-corrected chi connectivity index (χ2v) is 7.06. The van der Waals surface area contributed by atoms with E-state index in [9.17, 15) is 9.59 Å². The van der Waals surface area contributed by atoms with Crippen LogP contribution in [0.2, 0.25) is 0 Å².